The van der Waals surface area contributed by atoms with Gasteiger partial charge in [0.25, 0.3) is 0 Å². The number of nitrogens with zero attached hydrogens (tertiary/aromatic N) is 1. The molecule has 0 N–H and O–H groups in total. The normalized spacial score (nSPS) is 19.1. The molecular weight excluding hydrogens is 457 g/mol. The summed E-state index contributed by atoms with van der Waals surface area (Å²) in [6.45, 7) is 0.298. The van der Waals surface area contributed by atoms with E-state index in [0.29, 0.717) is 35.2 Å². The van der Waals surface area contributed by atoms with Crippen molar-refractivity contribution in [1.82, 2.24) is 4.90 Å². The molecule has 1 aliphatic heterocycles. The zero-order chi connectivity index (χ0) is 23.1. The Labute approximate surface area is 203 Å². The van der Waals surface area contributed by atoms with Crippen LogP contribution in [0.1, 0.15) is 55.6 Å². The van der Waals surface area contributed by atoms with E-state index in [1.165, 1.54) is 0 Å². The smallest absolute Gasteiger partial charge is 0.161 e. The number of ether oxygens (including phenoxy) is 1. The summed E-state index contributed by atoms with van der Waals surface area (Å²) >= 11 is 12.3. The third-order valence-corrected chi connectivity index (χ3v) is 7.43. The molecule has 2 aromatic rings. The van der Waals surface area contributed by atoms with Crippen LogP contribution in [0.3, 0.4) is 0 Å². The first-order valence-corrected chi connectivity index (χ1v) is 12.1. The van der Waals surface area contributed by atoms with Crippen LogP contribution in [-0.2, 0) is 16.2 Å². The lowest BCUT2D eigenvalue weighted by Crippen LogP contribution is -2.37. The maximum Gasteiger partial charge on any atom is 0.161 e. The predicted molar refractivity (Wildman–Crippen MR) is 130 cm³/mol. The van der Waals surface area contributed by atoms with E-state index in [1.54, 1.807) is 12.1 Å². The molecule has 0 unspecified atom stereocenters. The predicted octanol–water partition coefficient (Wildman–Crippen LogP) is 6.62. The Kier molecular flexibility index (Phi) is 6.07. The summed E-state index contributed by atoms with van der Waals surface area (Å²) in [5.74, 6) is 0.650. The van der Waals surface area contributed by atoms with E-state index in [9.17, 15) is 9.59 Å². The average molecular weight is 482 g/mol. The van der Waals surface area contributed by atoms with E-state index in [1.807, 2.05) is 37.4 Å². The quantitative estimate of drug-likeness (QED) is 0.492. The van der Waals surface area contributed by atoms with Crippen LogP contribution in [0.4, 0.5) is 0 Å². The second-order valence-electron chi connectivity index (χ2n) is 8.86. The van der Waals surface area contributed by atoms with Gasteiger partial charge in [0.05, 0.1) is 0 Å². The number of benzene rings is 2. The molecule has 4 nitrogen and oxygen atoms in total. The summed E-state index contributed by atoms with van der Waals surface area (Å²) in [6, 6.07) is 13.1. The Bertz CT molecular complexity index is 1170. The highest BCUT2D eigenvalue weighted by atomic mass is 35.5. The molecule has 5 rings (SSSR count). The zero-order valence-corrected chi connectivity index (χ0v) is 20.0. The van der Waals surface area contributed by atoms with Gasteiger partial charge in [0, 0.05) is 64.0 Å². The van der Waals surface area contributed by atoms with Gasteiger partial charge in [-0.05, 0) is 55.5 Å². The maximum atomic E-state index is 13.1. The molecule has 3 aliphatic rings. The molecule has 0 amide bonds. The van der Waals surface area contributed by atoms with Crippen LogP contribution in [0, 0.1) is 0 Å². The van der Waals surface area contributed by atoms with Crippen molar-refractivity contribution in [2.45, 2.75) is 51.0 Å². The molecule has 2 aromatic carbocycles. The van der Waals surface area contributed by atoms with E-state index < -0.39 is 0 Å². The number of ketones is 2. The Morgan fingerprint density at radius 3 is 2.21 bits per heavy atom. The van der Waals surface area contributed by atoms with Gasteiger partial charge in [0.15, 0.2) is 11.6 Å². The number of rotatable bonds is 4. The highest BCUT2D eigenvalue weighted by Crippen LogP contribution is 2.48. The topological polar surface area (TPSA) is 46.6 Å². The lowest BCUT2D eigenvalue weighted by Gasteiger charge is -2.42. The summed E-state index contributed by atoms with van der Waals surface area (Å²) in [6.07, 6.45) is 4.51. The van der Waals surface area contributed by atoms with Crippen LogP contribution in [0.25, 0.3) is 0 Å². The second-order valence-corrected chi connectivity index (χ2v) is 9.71. The van der Waals surface area contributed by atoms with Crippen LogP contribution in [0.5, 0.6) is 5.75 Å². The molecule has 0 fully saturated rings. The van der Waals surface area contributed by atoms with Crippen molar-refractivity contribution in [3.63, 3.8) is 0 Å². The molecule has 2 aliphatic carbocycles. The molecule has 170 valence electrons. The summed E-state index contributed by atoms with van der Waals surface area (Å²) < 4.78 is 6.05. The Balaban J connectivity index is 1.52. The van der Waals surface area contributed by atoms with E-state index in [2.05, 4.69) is 4.90 Å². The third kappa shape index (κ3) is 4.11. The van der Waals surface area contributed by atoms with Gasteiger partial charge in [-0.25, -0.2) is 0 Å². The number of hydrogen-bond acceptors (Lipinski definition) is 4. The van der Waals surface area contributed by atoms with E-state index in [0.717, 1.165) is 59.4 Å². The van der Waals surface area contributed by atoms with Crippen LogP contribution in [0.15, 0.2) is 65.0 Å². The van der Waals surface area contributed by atoms with Gasteiger partial charge < -0.3 is 9.64 Å². The van der Waals surface area contributed by atoms with Crippen molar-refractivity contribution in [1.29, 1.82) is 0 Å². The molecule has 33 heavy (non-hydrogen) atoms. The molecule has 0 saturated carbocycles. The molecule has 0 radical (unpaired) electrons. The SMILES string of the molecule is CN1C2=C(C(=O)CCC2)C(c2cccc(OCc3ccc(Cl)cc3Cl)c2)C2=C1CCCC2=O. The van der Waals surface area contributed by atoms with Gasteiger partial charge >= 0.3 is 0 Å². The van der Waals surface area contributed by atoms with Crippen LogP contribution >= 0.6 is 23.2 Å². The summed E-state index contributed by atoms with van der Waals surface area (Å²) in [5, 5.41) is 1.13. The minimum Gasteiger partial charge on any atom is -0.489 e. The number of Topliss-reactive ketones (excluding diaryl/α,β-unsaturated/α-hetero) is 2. The van der Waals surface area contributed by atoms with Crippen molar-refractivity contribution in [2.24, 2.45) is 0 Å². The van der Waals surface area contributed by atoms with E-state index in [4.69, 9.17) is 27.9 Å². The van der Waals surface area contributed by atoms with Crippen molar-refractivity contribution in [3.05, 3.63) is 86.2 Å². The minimum absolute atomic E-state index is 0.150. The maximum absolute atomic E-state index is 13.1. The Morgan fingerprint density at radius 1 is 0.909 bits per heavy atom. The lowest BCUT2D eigenvalue weighted by atomic mass is 9.71. The third-order valence-electron chi connectivity index (χ3n) is 6.85. The molecule has 0 atom stereocenters. The van der Waals surface area contributed by atoms with Crippen LogP contribution in [-0.4, -0.2) is 23.5 Å². The van der Waals surface area contributed by atoms with E-state index >= 15 is 0 Å². The Morgan fingerprint density at radius 2 is 1.58 bits per heavy atom. The van der Waals surface area contributed by atoms with Gasteiger partial charge in [-0.3, -0.25) is 9.59 Å². The Hall–Kier alpha value is -2.56. The molecule has 6 heteroatoms. The highest BCUT2D eigenvalue weighted by molar-refractivity contribution is 6.35. The van der Waals surface area contributed by atoms with Gasteiger partial charge in [-0.2, -0.15) is 0 Å². The van der Waals surface area contributed by atoms with Crippen LogP contribution < -0.4 is 4.74 Å². The fraction of sp³-hybridized carbons (Fsp3) is 0.333. The molecule has 0 aromatic heterocycles. The van der Waals surface area contributed by atoms with E-state index in [-0.39, 0.29) is 17.5 Å². The number of allylic oxidation sites excluding steroid dienone is 4. The number of halogens is 2. The lowest BCUT2D eigenvalue weighted by molar-refractivity contribution is -0.117. The fourth-order valence-corrected chi connectivity index (χ4v) is 5.73. The van der Waals surface area contributed by atoms with Crippen molar-refractivity contribution >= 4 is 34.8 Å². The molecule has 1 heterocycles. The standard InChI is InChI=1S/C27H25Cl2NO3/c1-30-21-7-3-9-23(31)26(21)25(27-22(30)8-4-10-24(27)32)16-5-2-6-19(13-16)33-15-17-11-12-18(28)14-20(17)29/h2,5-6,11-14,25H,3-4,7-10,15H2,1H3. The summed E-state index contributed by atoms with van der Waals surface area (Å²) in [7, 11) is 2.01. The minimum atomic E-state index is -0.325. The molecular formula is C27H25Cl2NO3. The largest absolute Gasteiger partial charge is 0.489 e. The highest BCUT2D eigenvalue weighted by Gasteiger charge is 2.42. The average Bonchev–Trinajstić information content (AvgIpc) is 2.80. The van der Waals surface area contributed by atoms with Gasteiger partial charge in [0.1, 0.15) is 12.4 Å². The molecule has 0 spiro atoms. The van der Waals surface area contributed by atoms with Gasteiger partial charge in [0.2, 0.25) is 0 Å². The zero-order valence-electron chi connectivity index (χ0n) is 18.5. The van der Waals surface area contributed by atoms with Crippen molar-refractivity contribution in [3.8, 4) is 5.75 Å². The summed E-state index contributed by atoms with van der Waals surface area (Å²) in [4.78, 5) is 28.4. The first-order chi connectivity index (χ1) is 15.9. The first kappa shape index (κ1) is 22.2. The second kappa shape index (κ2) is 9.00. The monoisotopic (exact) mass is 481 g/mol. The molecule has 0 saturated heterocycles. The number of carbonyl (C=O) groups excluding carboxylic acids is 2. The molecule has 0 bridgehead atoms. The first-order valence-electron chi connectivity index (χ1n) is 11.4. The van der Waals surface area contributed by atoms with Crippen molar-refractivity contribution in [2.75, 3.05) is 7.05 Å². The number of carbonyl (C=O) groups is 2. The fourth-order valence-electron chi connectivity index (χ4n) is 5.27. The summed E-state index contributed by atoms with van der Waals surface area (Å²) in [5.41, 5.74) is 5.48. The van der Waals surface area contributed by atoms with Gasteiger partial charge in [-0.15, -0.1) is 0 Å². The van der Waals surface area contributed by atoms with Crippen molar-refractivity contribution < 1.29 is 14.3 Å². The van der Waals surface area contributed by atoms with Crippen LogP contribution in [0.2, 0.25) is 10.0 Å². The number of hydrogen-bond donors (Lipinski definition) is 0. The van der Waals surface area contributed by atoms with Gasteiger partial charge in [-0.1, -0.05) is 41.4 Å².